The van der Waals surface area contributed by atoms with Gasteiger partial charge in [-0.1, -0.05) is 102 Å². The third-order valence-corrected chi connectivity index (χ3v) is 16.0. The van der Waals surface area contributed by atoms with E-state index in [1.807, 2.05) is 18.2 Å². The summed E-state index contributed by atoms with van der Waals surface area (Å²) in [6.45, 7) is 25.6. The minimum Gasteiger partial charge on any atom is -0.495 e. The molecular formula is C70H61Cl5F5N15O7. The van der Waals surface area contributed by atoms with E-state index in [2.05, 4.69) is 66.1 Å². The standard InChI is InChI=1S/C25H12Cl2F5N3O3.C21H19Cl2N5O2.C21H18ClN5O2.C2H8N2.CH4/c1-33-11-4-5-14-12(8-11)22(34-9-10-3-6-15(37-2)13(26)7-10)16(24(27)35-14)25(36)38-23-20(31)18(29)17(28)19(30)21(23)32;1-25-13-4-5-16-14(10-13)19(18(20(23)28-16)21(29)26-8-7-24)27-11-12-3-6-17(30-2)15(22)9-12;1-23-13-4-5-16-14(10-13)19(18-20(27-16)24-7-8-25-21(18)28)26-11-12-3-6-17(29-2)15(22)9-12;3-1-2-4;/h3-8H,9H2,2H3,(H,34,35);3-6,9-10H,7-8,11,24H2,2H3,(H,26,29)(H,27,28);3-6,9-10H,7-8,11H2,2H3,(H,25,28)(H2,24,26,27);1-4H2;1H4. The molecule has 528 valence electrons. The summed E-state index contributed by atoms with van der Waals surface area (Å²) in [4.78, 5) is 61.8. The van der Waals surface area contributed by atoms with E-state index in [4.69, 9.17) is 109 Å². The van der Waals surface area contributed by atoms with Gasteiger partial charge in [0.05, 0.1) is 89.7 Å². The molecule has 0 aliphatic carbocycles. The molecule has 10 aromatic rings. The lowest BCUT2D eigenvalue weighted by Crippen LogP contribution is -2.30. The van der Waals surface area contributed by atoms with Gasteiger partial charge in [0.25, 0.3) is 11.8 Å². The number of fused-ring (bicyclic) bond motifs is 4. The van der Waals surface area contributed by atoms with Crippen molar-refractivity contribution < 1.29 is 55.3 Å². The van der Waals surface area contributed by atoms with Crippen LogP contribution in [0.4, 0.5) is 61.9 Å². The molecule has 0 unspecified atom stereocenters. The van der Waals surface area contributed by atoms with E-state index in [9.17, 15) is 36.3 Å². The topological polar surface area (TPSA) is 290 Å². The van der Waals surface area contributed by atoms with E-state index in [-0.39, 0.29) is 57.9 Å². The molecule has 1 aliphatic rings. The fourth-order valence-electron chi connectivity index (χ4n) is 9.76. The van der Waals surface area contributed by atoms with Gasteiger partial charge in [0.15, 0.2) is 17.1 Å². The maximum absolute atomic E-state index is 14.2. The highest BCUT2D eigenvalue weighted by Crippen LogP contribution is 2.40. The molecular weight excluding hydrogens is 1440 g/mol. The number of halogens is 10. The van der Waals surface area contributed by atoms with Gasteiger partial charge in [-0.2, -0.15) is 8.78 Å². The van der Waals surface area contributed by atoms with Crippen molar-refractivity contribution in [1.29, 1.82) is 0 Å². The Balaban J connectivity index is 0.000000210. The molecule has 0 spiro atoms. The van der Waals surface area contributed by atoms with Gasteiger partial charge in [-0.25, -0.2) is 47.5 Å². The van der Waals surface area contributed by atoms with E-state index in [1.54, 1.807) is 87.0 Å². The Hall–Kier alpha value is -10.8. The van der Waals surface area contributed by atoms with Crippen LogP contribution in [0.5, 0.6) is 23.0 Å². The number of anilines is 4. The fourth-order valence-corrected chi connectivity index (χ4v) is 11.1. The first-order valence-electron chi connectivity index (χ1n) is 29.8. The van der Waals surface area contributed by atoms with Crippen molar-refractivity contribution in [2.45, 2.75) is 27.1 Å². The Kier molecular flexibility index (Phi) is 28.1. The smallest absolute Gasteiger partial charge is 0.349 e. The molecule has 102 heavy (non-hydrogen) atoms. The quantitative estimate of drug-likeness (QED) is 0.00734. The average Bonchev–Trinajstić information content (AvgIpc) is 0.989. The summed E-state index contributed by atoms with van der Waals surface area (Å²) in [5.74, 6) is -13.6. The number of amides is 2. The second kappa shape index (κ2) is 36.5. The summed E-state index contributed by atoms with van der Waals surface area (Å²) >= 11 is 31.2. The molecule has 0 saturated heterocycles. The molecule has 0 atom stereocenters. The predicted octanol–water partition coefficient (Wildman–Crippen LogP) is 15.8. The van der Waals surface area contributed by atoms with E-state index in [0.29, 0.717) is 136 Å². The van der Waals surface area contributed by atoms with Crippen molar-refractivity contribution in [3.8, 4) is 23.0 Å². The Morgan fingerprint density at radius 3 is 1.30 bits per heavy atom. The van der Waals surface area contributed by atoms with Gasteiger partial charge in [-0.3, -0.25) is 9.59 Å². The summed E-state index contributed by atoms with van der Waals surface area (Å²) in [6.07, 6.45) is 0. The number of hydrogen-bond donors (Lipinski definition) is 9. The lowest BCUT2D eigenvalue weighted by molar-refractivity contribution is 0.0716. The van der Waals surface area contributed by atoms with Crippen molar-refractivity contribution >= 4 is 148 Å². The fraction of sp³-hybridized carbons (Fsp3) is 0.186. The summed E-state index contributed by atoms with van der Waals surface area (Å²) in [7, 11) is 4.55. The van der Waals surface area contributed by atoms with Crippen LogP contribution in [0.2, 0.25) is 25.4 Å². The van der Waals surface area contributed by atoms with Crippen LogP contribution >= 0.6 is 58.0 Å². The number of ether oxygens (including phenoxy) is 4. The van der Waals surface area contributed by atoms with E-state index in [1.165, 1.54) is 25.3 Å². The van der Waals surface area contributed by atoms with Gasteiger partial charge in [0.1, 0.15) is 50.1 Å². The average molecular weight is 1500 g/mol. The Morgan fingerprint density at radius 1 is 0.520 bits per heavy atom. The summed E-state index contributed by atoms with van der Waals surface area (Å²) in [6, 6.07) is 30.3. The molecule has 0 saturated carbocycles. The van der Waals surface area contributed by atoms with Gasteiger partial charge in [-0.15, -0.1) is 0 Å². The molecule has 0 fully saturated rings. The van der Waals surface area contributed by atoms with E-state index in [0.717, 1.165) is 16.5 Å². The predicted molar refractivity (Wildman–Crippen MR) is 388 cm³/mol. The highest BCUT2D eigenvalue weighted by molar-refractivity contribution is 6.35. The van der Waals surface area contributed by atoms with Crippen LogP contribution in [0.25, 0.3) is 47.2 Å². The zero-order valence-electron chi connectivity index (χ0n) is 53.3. The molecule has 32 heteroatoms. The van der Waals surface area contributed by atoms with Crippen molar-refractivity contribution in [2.75, 3.05) is 81.9 Å². The van der Waals surface area contributed by atoms with Crippen LogP contribution in [0, 0.1) is 48.8 Å². The SMILES string of the molecule is C.NCCN.[C-]#[N+]c1ccc2nc(Cl)c(C(=O)NCCN)c(NCc3ccc(OC)c(Cl)c3)c2c1.[C-]#[N+]c1ccc2nc(Cl)c(C(=O)Oc3c(F)c(F)c(F)c(F)c3F)c(NCc3ccc(OC)c(Cl)c3)c2c1.[C-]#[N+]c1ccc2nc3c(c(NCc4ccc(OC)c(Cl)c4)c2c1)C(=O)NCCN3. The first kappa shape index (κ1) is 78.6. The van der Waals surface area contributed by atoms with Crippen molar-refractivity contribution in [3.05, 3.63) is 231 Å². The lowest BCUT2D eigenvalue weighted by Gasteiger charge is -2.17. The van der Waals surface area contributed by atoms with E-state index < -0.39 is 57.4 Å². The van der Waals surface area contributed by atoms with Gasteiger partial charge < -0.3 is 68.0 Å². The highest BCUT2D eigenvalue weighted by Gasteiger charge is 2.32. The summed E-state index contributed by atoms with van der Waals surface area (Å²) < 4.78 is 89.2. The van der Waals surface area contributed by atoms with Crippen molar-refractivity contribution in [3.63, 3.8) is 0 Å². The molecule has 12 N–H and O–H groups in total. The van der Waals surface area contributed by atoms with Crippen LogP contribution in [0.1, 0.15) is 55.2 Å². The second-order valence-electron chi connectivity index (χ2n) is 21.0. The summed E-state index contributed by atoms with van der Waals surface area (Å²) in [5, 5.41) is 20.7. The van der Waals surface area contributed by atoms with Gasteiger partial charge in [0.2, 0.25) is 34.8 Å². The second-order valence-corrected chi connectivity index (χ2v) is 23.0. The number of carbonyl (C=O) groups excluding carboxylic acids is 3. The number of pyridine rings is 3. The minimum absolute atomic E-state index is 0. The van der Waals surface area contributed by atoms with Crippen molar-refractivity contribution in [2.24, 2.45) is 17.2 Å². The number of carbonyl (C=O) groups is 3. The summed E-state index contributed by atoms with van der Waals surface area (Å²) in [5.41, 5.74) is 21.3. The van der Waals surface area contributed by atoms with Crippen LogP contribution in [0.15, 0.2) is 109 Å². The highest BCUT2D eigenvalue weighted by atomic mass is 35.5. The number of methoxy groups -OCH3 is 3. The minimum atomic E-state index is -2.42. The van der Waals surface area contributed by atoms with Gasteiger partial charge >= 0.3 is 5.97 Å². The molecule has 4 heterocycles. The lowest BCUT2D eigenvalue weighted by atomic mass is 10.1. The first-order valence-corrected chi connectivity index (χ1v) is 31.7. The van der Waals surface area contributed by atoms with Gasteiger partial charge in [-0.05, 0) is 89.5 Å². The third-order valence-electron chi connectivity index (χ3n) is 14.6. The molecule has 0 bridgehead atoms. The Morgan fingerprint density at radius 2 is 0.902 bits per heavy atom. The van der Waals surface area contributed by atoms with Crippen LogP contribution < -0.4 is 68.0 Å². The number of aromatic nitrogens is 3. The van der Waals surface area contributed by atoms with Crippen molar-refractivity contribution in [1.82, 2.24) is 25.6 Å². The van der Waals surface area contributed by atoms with E-state index >= 15 is 0 Å². The number of nitrogens with zero attached hydrogens (tertiary/aromatic N) is 6. The third kappa shape index (κ3) is 18.4. The number of nitrogens with two attached hydrogens (primary N) is 3. The number of benzene rings is 7. The van der Waals surface area contributed by atoms with Crippen LogP contribution in [0.3, 0.4) is 0 Å². The Labute approximate surface area is 606 Å². The van der Waals surface area contributed by atoms with Gasteiger partial charge in [0, 0.05) is 75.1 Å². The maximum atomic E-state index is 14.2. The first-order chi connectivity index (χ1) is 48.6. The van der Waals surface area contributed by atoms with Crippen LogP contribution in [-0.4, -0.2) is 93.3 Å². The number of rotatable bonds is 18. The zero-order chi connectivity index (χ0) is 73.2. The molecule has 3 aromatic heterocycles. The number of hydrogen-bond acceptors (Lipinski definition) is 17. The molecule has 22 nitrogen and oxygen atoms in total. The molecule has 2 amide bonds. The van der Waals surface area contributed by atoms with Crippen LogP contribution in [-0.2, 0) is 19.6 Å². The maximum Gasteiger partial charge on any atom is 0.349 e. The molecule has 11 rings (SSSR count). The Bertz CT molecular complexity index is 4940. The normalized spacial score (nSPS) is 11.1. The molecule has 1 aliphatic heterocycles. The number of esters is 1. The zero-order valence-corrected chi connectivity index (χ0v) is 57.1. The monoisotopic (exact) mass is 1490 g/mol. The largest absolute Gasteiger partial charge is 0.495 e. The number of nitrogens with one attached hydrogen (secondary N) is 6. The molecule has 7 aromatic carbocycles. The molecule has 0 radical (unpaired) electrons.